The standard InChI is InChI=1S/C11H19FO3/c1-10(2,9(13)14)11(3,12)8-4-6-15-7-5-8/h8H,4-7H2,1-3H3,(H,13,14). The average Bonchev–Trinajstić information content (AvgIpc) is 2.18. The van der Waals surface area contributed by atoms with Gasteiger partial charge in [-0.2, -0.15) is 0 Å². The van der Waals surface area contributed by atoms with E-state index in [4.69, 9.17) is 9.84 Å². The van der Waals surface area contributed by atoms with E-state index < -0.39 is 17.1 Å². The number of hydrogen-bond donors (Lipinski definition) is 1. The van der Waals surface area contributed by atoms with E-state index in [1.165, 1.54) is 20.8 Å². The van der Waals surface area contributed by atoms with Gasteiger partial charge in [-0.15, -0.1) is 0 Å². The first kappa shape index (κ1) is 12.4. The summed E-state index contributed by atoms with van der Waals surface area (Å²) in [6, 6.07) is 0. The molecular formula is C11H19FO3. The Bertz CT molecular complexity index is 242. The van der Waals surface area contributed by atoms with Gasteiger partial charge in [-0.1, -0.05) is 0 Å². The maximum atomic E-state index is 14.6. The fourth-order valence-electron chi connectivity index (χ4n) is 1.96. The van der Waals surface area contributed by atoms with Crippen LogP contribution >= 0.6 is 0 Å². The van der Waals surface area contributed by atoms with Gasteiger partial charge in [0.2, 0.25) is 0 Å². The summed E-state index contributed by atoms with van der Waals surface area (Å²) in [7, 11) is 0. The second-order valence-electron chi connectivity index (χ2n) is 4.89. The van der Waals surface area contributed by atoms with Crippen molar-refractivity contribution < 1.29 is 19.0 Å². The molecule has 1 aliphatic heterocycles. The quantitative estimate of drug-likeness (QED) is 0.790. The van der Waals surface area contributed by atoms with E-state index in [1.807, 2.05) is 0 Å². The van der Waals surface area contributed by atoms with Gasteiger partial charge in [-0.25, -0.2) is 4.39 Å². The normalized spacial score (nSPS) is 23.5. The molecule has 0 amide bonds. The molecule has 3 nitrogen and oxygen atoms in total. The van der Waals surface area contributed by atoms with Gasteiger partial charge in [0.25, 0.3) is 0 Å². The van der Waals surface area contributed by atoms with Crippen LogP contribution in [0.5, 0.6) is 0 Å². The first-order chi connectivity index (χ1) is 6.80. The van der Waals surface area contributed by atoms with E-state index >= 15 is 0 Å². The van der Waals surface area contributed by atoms with E-state index in [9.17, 15) is 9.18 Å². The first-order valence-corrected chi connectivity index (χ1v) is 5.30. The Labute approximate surface area is 89.6 Å². The molecule has 0 radical (unpaired) electrons. The summed E-state index contributed by atoms with van der Waals surface area (Å²) in [4.78, 5) is 11.0. The molecule has 0 spiro atoms. The van der Waals surface area contributed by atoms with Gasteiger partial charge in [0.1, 0.15) is 5.67 Å². The lowest BCUT2D eigenvalue weighted by Gasteiger charge is -2.41. The third kappa shape index (κ3) is 2.14. The highest BCUT2D eigenvalue weighted by Crippen LogP contribution is 2.44. The molecule has 88 valence electrons. The Morgan fingerprint density at radius 3 is 2.20 bits per heavy atom. The van der Waals surface area contributed by atoms with Gasteiger partial charge in [0.15, 0.2) is 0 Å². The van der Waals surface area contributed by atoms with Crippen molar-refractivity contribution in [2.75, 3.05) is 13.2 Å². The van der Waals surface area contributed by atoms with Gasteiger partial charge in [-0.05, 0) is 39.5 Å². The Morgan fingerprint density at radius 2 is 1.80 bits per heavy atom. The monoisotopic (exact) mass is 218 g/mol. The fraction of sp³-hybridized carbons (Fsp3) is 0.909. The molecule has 1 N–H and O–H groups in total. The molecule has 4 heteroatoms. The summed E-state index contributed by atoms with van der Waals surface area (Å²) in [5, 5.41) is 9.04. The Kier molecular flexibility index (Phi) is 3.38. The van der Waals surface area contributed by atoms with E-state index in [0.29, 0.717) is 26.1 Å². The third-order valence-electron chi connectivity index (χ3n) is 3.74. The highest BCUT2D eigenvalue weighted by molar-refractivity contribution is 5.75. The molecule has 1 heterocycles. The molecule has 1 atom stereocenters. The minimum Gasteiger partial charge on any atom is -0.481 e. The lowest BCUT2D eigenvalue weighted by molar-refractivity contribution is -0.162. The van der Waals surface area contributed by atoms with Crippen molar-refractivity contribution in [1.29, 1.82) is 0 Å². The van der Waals surface area contributed by atoms with Crippen LogP contribution in [0.25, 0.3) is 0 Å². The van der Waals surface area contributed by atoms with E-state index in [2.05, 4.69) is 0 Å². The first-order valence-electron chi connectivity index (χ1n) is 5.30. The van der Waals surface area contributed by atoms with Crippen LogP contribution in [0.15, 0.2) is 0 Å². The molecule has 0 saturated carbocycles. The van der Waals surface area contributed by atoms with Gasteiger partial charge in [0, 0.05) is 13.2 Å². The van der Waals surface area contributed by atoms with Crippen molar-refractivity contribution >= 4 is 5.97 Å². The molecule has 1 aliphatic rings. The van der Waals surface area contributed by atoms with Crippen LogP contribution in [0.2, 0.25) is 0 Å². The van der Waals surface area contributed by atoms with Crippen molar-refractivity contribution in [3.8, 4) is 0 Å². The summed E-state index contributed by atoms with van der Waals surface area (Å²) in [6.07, 6.45) is 1.20. The summed E-state index contributed by atoms with van der Waals surface area (Å²) in [6.45, 7) is 5.35. The number of halogens is 1. The van der Waals surface area contributed by atoms with Crippen LogP contribution in [-0.4, -0.2) is 30.0 Å². The van der Waals surface area contributed by atoms with Crippen LogP contribution in [0.1, 0.15) is 33.6 Å². The van der Waals surface area contributed by atoms with Gasteiger partial charge >= 0.3 is 5.97 Å². The smallest absolute Gasteiger partial charge is 0.312 e. The van der Waals surface area contributed by atoms with Crippen LogP contribution in [-0.2, 0) is 9.53 Å². The van der Waals surface area contributed by atoms with Crippen LogP contribution in [0.4, 0.5) is 4.39 Å². The van der Waals surface area contributed by atoms with Crippen molar-refractivity contribution in [2.45, 2.75) is 39.3 Å². The van der Waals surface area contributed by atoms with Crippen LogP contribution in [0.3, 0.4) is 0 Å². The van der Waals surface area contributed by atoms with Gasteiger partial charge in [-0.3, -0.25) is 4.79 Å². The molecule has 15 heavy (non-hydrogen) atoms. The Balaban J connectivity index is 2.84. The maximum Gasteiger partial charge on any atom is 0.312 e. The van der Waals surface area contributed by atoms with E-state index in [1.54, 1.807) is 0 Å². The van der Waals surface area contributed by atoms with E-state index in [-0.39, 0.29) is 5.92 Å². The molecule has 1 unspecified atom stereocenters. The number of carbonyl (C=O) groups is 1. The topological polar surface area (TPSA) is 46.5 Å². The molecule has 0 aromatic rings. The zero-order valence-corrected chi connectivity index (χ0v) is 9.55. The van der Waals surface area contributed by atoms with Crippen molar-refractivity contribution in [1.82, 2.24) is 0 Å². The number of carboxylic acid groups (broad SMARTS) is 1. The molecule has 1 saturated heterocycles. The third-order valence-corrected chi connectivity index (χ3v) is 3.74. The molecule has 0 aromatic carbocycles. The highest BCUT2D eigenvalue weighted by atomic mass is 19.1. The number of carboxylic acids is 1. The predicted octanol–water partition coefficient (Wildman–Crippen LogP) is 2.25. The molecule has 0 aromatic heterocycles. The number of ether oxygens (including phenoxy) is 1. The lowest BCUT2D eigenvalue weighted by Crippen LogP contribution is -2.50. The van der Waals surface area contributed by atoms with E-state index in [0.717, 1.165) is 0 Å². The maximum absolute atomic E-state index is 14.6. The van der Waals surface area contributed by atoms with Crippen molar-refractivity contribution in [3.63, 3.8) is 0 Å². The summed E-state index contributed by atoms with van der Waals surface area (Å²) >= 11 is 0. The Hall–Kier alpha value is -0.640. The summed E-state index contributed by atoms with van der Waals surface area (Å²) < 4.78 is 19.7. The molecule has 0 aliphatic carbocycles. The minimum atomic E-state index is -1.69. The lowest BCUT2D eigenvalue weighted by atomic mass is 9.68. The second kappa shape index (κ2) is 4.08. The van der Waals surface area contributed by atoms with Crippen molar-refractivity contribution in [3.05, 3.63) is 0 Å². The molecule has 0 bridgehead atoms. The van der Waals surface area contributed by atoms with Crippen molar-refractivity contribution in [2.24, 2.45) is 11.3 Å². The molecule has 1 fully saturated rings. The molecule has 1 rings (SSSR count). The summed E-state index contributed by atoms with van der Waals surface area (Å²) in [5.41, 5.74) is -3.04. The molecular weight excluding hydrogens is 199 g/mol. The van der Waals surface area contributed by atoms with Gasteiger partial charge in [0.05, 0.1) is 5.41 Å². The average molecular weight is 218 g/mol. The SMILES string of the molecule is CC(C)(C(=O)O)C(C)(F)C1CCOCC1. The number of alkyl halides is 1. The minimum absolute atomic E-state index is 0.225. The zero-order valence-electron chi connectivity index (χ0n) is 9.55. The largest absolute Gasteiger partial charge is 0.481 e. The zero-order chi connectivity index (χ0) is 11.7. The summed E-state index contributed by atoms with van der Waals surface area (Å²) in [5.74, 6) is -1.31. The highest BCUT2D eigenvalue weighted by Gasteiger charge is 2.52. The number of rotatable bonds is 3. The number of aliphatic carboxylic acids is 1. The fourth-order valence-corrected chi connectivity index (χ4v) is 1.96. The predicted molar refractivity (Wildman–Crippen MR) is 54.5 cm³/mol. The van der Waals surface area contributed by atoms with Gasteiger partial charge < -0.3 is 9.84 Å². The Morgan fingerprint density at radius 1 is 1.33 bits per heavy atom. The van der Waals surface area contributed by atoms with Crippen LogP contribution < -0.4 is 0 Å². The number of hydrogen-bond acceptors (Lipinski definition) is 2. The van der Waals surface area contributed by atoms with Crippen LogP contribution in [0, 0.1) is 11.3 Å². The second-order valence-corrected chi connectivity index (χ2v) is 4.89.